The van der Waals surface area contributed by atoms with Crippen molar-refractivity contribution in [1.29, 1.82) is 0 Å². The van der Waals surface area contributed by atoms with Gasteiger partial charge in [-0.1, -0.05) is 17.7 Å². The maximum absolute atomic E-state index is 5.91. The maximum Gasteiger partial charge on any atom is 0.227 e. The van der Waals surface area contributed by atoms with Gasteiger partial charge in [-0.05, 0) is 43.3 Å². The summed E-state index contributed by atoms with van der Waals surface area (Å²) < 4.78 is 7.96. The number of aryl methyl sites for hydroxylation is 1. The Bertz CT molecular complexity index is 887. The highest BCUT2D eigenvalue weighted by atomic mass is 16.3. The van der Waals surface area contributed by atoms with E-state index in [0.29, 0.717) is 5.89 Å². The van der Waals surface area contributed by atoms with Gasteiger partial charge in [0.2, 0.25) is 5.89 Å². The number of fused-ring (bicyclic) bond motifs is 1. The second-order valence-corrected chi connectivity index (χ2v) is 5.13. The van der Waals surface area contributed by atoms with Crippen LogP contribution in [-0.2, 0) is 0 Å². The fourth-order valence-electron chi connectivity index (χ4n) is 2.40. The van der Waals surface area contributed by atoms with Crippen LogP contribution in [0.3, 0.4) is 0 Å². The van der Waals surface area contributed by atoms with Crippen LogP contribution in [0.1, 0.15) is 5.56 Å². The van der Waals surface area contributed by atoms with Crippen molar-refractivity contribution in [2.75, 3.05) is 0 Å². The van der Waals surface area contributed by atoms with Crippen molar-refractivity contribution in [2.24, 2.45) is 0 Å². The number of hydrogen-bond donors (Lipinski definition) is 0. The zero-order valence-electron chi connectivity index (χ0n) is 11.7. The fraction of sp³-hybridized carbons (Fsp3) is 0.0556. The summed E-state index contributed by atoms with van der Waals surface area (Å²) in [7, 11) is 0. The summed E-state index contributed by atoms with van der Waals surface area (Å²) in [4.78, 5) is 4.56. The third-order valence-electron chi connectivity index (χ3n) is 3.57. The molecule has 0 amide bonds. The lowest BCUT2D eigenvalue weighted by Gasteiger charge is -2.00. The van der Waals surface area contributed by atoms with Crippen LogP contribution in [0.25, 0.3) is 28.2 Å². The second-order valence-electron chi connectivity index (χ2n) is 5.13. The Labute approximate surface area is 122 Å². The molecule has 3 heteroatoms. The molecular weight excluding hydrogens is 260 g/mol. The molecule has 0 spiro atoms. The van der Waals surface area contributed by atoms with E-state index in [1.54, 1.807) is 0 Å². The largest absolute Gasteiger partial charge is 0.436 e. The van der Waals surface area contributed by atoms with Gasteiger partial charge in [0.25, 0.3) is 0 Å². The molecule has 0 saturated carbocycles. The predicted molar refractivity (Wildman–Crippen MR) is 83.5 cm³/mol. The first-order valence-electron chi connectivity index (χ1n) is 6.90. The number of rotatable bonds is 2. The molecule has 2 aromatic heterocycles. The van der Waals surface area contributed by atoms with E-state index in [9.17, 15) is 0 Å². The van der Waals surface area contributed by atoms with Gasteiger partial charge in [-0.3, -0.25) is 0 Å². The zero-order valence-corrected chi connectivity index (χ0v) is 11.7. The summed E-state index contributed by atoms with van der Waals surface area (Å²) in [6.45, 7) is 2.07. The quantitative estimate of drug-likeness (QED) is 0.535. The van der Waals surface area contributed by atoms with E-state index in [1.165, 1.54) is 5.56 Å². The van der Waals surface area contributed by atoms with E-state index in [2.05, 4.69) is 24.0 Å². The predicted octanol–water partition coefficient (Wildman–Crippen LogP) is 4.59. The Balaban J connectivity index is 1.81. The number of oxazole rings is 1. The molecule has 4 aromatic rings. The monoisotopic (exact) mass is 274 g/mol. The van der Waals surface area contributed by atoms with E-state index in [-0.39, 0.29) is 0 Å². The van der Waals surface area contributed by atoms with Crippen molar-refractivity contribution in [1.82, 2.24) is 9.55 Å². The van der Waals surface area contributed by atoms with Crippen LogP contribution >= 0.6 is 0 Å². The lowest BCUT2D eigenvalue weighted by atomic mass is 10.1. The minimum absolute atomic E-state index is 0.662. The van der Waals surface area contributed by atoms with Gasteiger partial charge in [-0.25, -0.2) is 4.98 Å². The molecule has 0 N–H and O–H groups in total. The topological polar surface area (TPSA) is 31.0 Å². The van der Waals surface area contributed by atoms with Crippen molar-refractivity contribution < 1.29 is 4.42 Å². The van der Waals surface area contributed by atoms with Crippen molar-refractivity contribution in [3.05, 3.63) is 72.6 Å². The van der Waals surface area contributed by atoms with Gasteiger partial charge in [0.1, 0.15) is 5.52 Å². The maximum atomic E-state index is 5.91. The minimum atomic E-state index is 0.662. The van der Waals surface area contributed by atoms with E-state index in [1.807, 2.05) is 59.4 Å². The van der Waals surface area contributed by atoms with Crippen LogP contribution in [0, 0.1) is 6.92 Å². The first-order valence-corrected chi connectivity index (χ1v) is 6.90. The Morgan fingerprint density at radius 2 is 1.71 bits per heavy atom. The fourth-order valence-corrected chi connectivity index (χ4v) is 2.40. The lowest BCUT2D eigenvalue weighted by molar-refractivity contribution is 0.619. The van der Waals surface area contributed by atoms with Crippen LogP contribution in [0.15, 0.2) is 71.4 Å². The smallest absolute Gasteiger partial charge is 0.227 e. The van der Waals surface area contributed by atoms with Gasteiger partial charge < -0.3 is 8.98 Å². The standard InChI is InChI=1S/C18H14N2O/c1-13-4-6-14(7-5-13)18-19-16-9-8-15(12-17(16)21-18)20-10-2-3-11-20/h2-12H,1H3. The van der Waals surface area contributed by atoms with Crippen molar-refractivity contribution in [3.8, 4) is 17.1 Å². The highest BCUT2D eigenvalue weighted by molar-refractivity contribution is 5.78. The Morgan fingerprint density at radius 1 is 0.952 bits per heavy atom. The minimum Gasteiger partial charge on any atom is -0.436 e. The van der Waals surface area contributed by atoms with Crippen LogP contribution in [0.5, 0.6) is 0 Å². The summed E-state index contributed by atoms with van der Waals surface area (Å²) >= 11 is 0. The van der Waals surface area contributed by atoms with Gasteiger partial charge >= 0.3 is 0 Å². The SMILES string of the molecule is Cc1ccc(-c2nc3ccc(-n4cccc4)cc3o2)cc1. The molecule has 2 heterocycles. The molecule has 0 aliphatic rings. The van der Waals surface area contributed by atoms with Crippen molar-refractivity contribution in [2.45, 2.75) is 6.92 Å². The number of nitrogens with zero attached hydrogens (tertiary/aromatic N) is 2. The van der Waals surface area contributed by atoms with E-state index >= 15 is 0 Å². The van der Waals surface area contributed by atoms with E-state index in [4.69, 9.17) is 4.42 Å². The third kappa shape index (κ3) is 2.13. The molecule has 102 valence electrons. The number of aromatic nitrogens is 2. The molecule has 0 atom stereocenters. The molecule has 3 nitrogen and oxygen atoms in total. The first kappa shape index (κ1) is 12.0. The van der Waals surface area contributed by atoms with Crippen molar-refractivity contribution in [3.63, 3.8) is 0 Å². The average Bonchev–Trinajstić information content (AvgIpc) is 3.16. The molecule has 2 aromatic carbocycles. The molecule has 0 bridgehead atoms. The van der Waals surface area contributed by atoms with Gasteiger partial charge in [-0.15, -0.1) is 0 Å². The molecule has 0 aliphatic heterocycles. The van der Waals surface area contributed by atoms with Gasteiger partial charge in [0.15, 0.2) is 5.58 Å². The van der Waals surface area contributed by atoms with Gasteiger partial charge in [-0.2, -0.15) is 0 Å². The highest BCUT2D eigenvalue weighted by Gasteiger charge is 2.09. The van der Waals surface area contributed by atoms with E-state index in [0.717, 1.165) is 22.4 Å². The molecular formula is C18H14N2O. The summed E-state index contributed by atoms with van der Waals surface area (Å²) in [5.74, 6) is 0.662. The molecule has 0 aliphatic carbocycles. The molecule has 0 saturated heterocycles. The van der Waals surface area contributed by atoms with Crippen LogP contribution in [0.4, 0.5) is 0 Å². The molecule has 0 unspecified atom stereocenters. The summed E-state index contributed by atoms with van der Waals surface area (Å²) in [6.07, 6.45) is 4.02. The first-order chi connectivity index (χ1) is 10.3. The van der Waals surface area contributed by atoms with Crippen LogP contribution in [-0.4, -0.2) is 9.55 Å². The Hall–Kier alpha value is -2.81. The highest BCUT2D eigenvalue weighted by Crippen LogP contribution is 2.26. The van der Waals surface area contributed by atoms with E-state index < -0.39 is 0 Å². The summed E-state index contributed by atoms with van der Waals surface area (Å²) in [5, 5.41) is 0. The van der Waals surface area contributed by atoms with Crippen molar-refractivity contribution >= 4 is 11.1 Å². The molecule has 0 fully saturated rings. The molecule has 4 rings (SSSR count). The number of hydrogen-bond acceptors (Lipinski definition) is 2. The third-order valence-corrected chi connectivity index (χ3v) is 3.57. The lowest BCUT2D eigenvalue weighted by Crippen LogP contribution is -1.87. The number of benzene rings is 2. The van der Waals surface area contributed by atoms with Gasteiger partial charge in [0, 0.05) is 29.7 Å². The molecule has 21 heavy (non-hydrogen) atoms. The average molecular weight is 274 g/mol. The summed E-state index contributed by atoms with van der Waals surface area (Å²) in [5.41, 5.74) is 4.97. The van der Waals surface area contributed by atoms with Gasteiger partial charge in [0.05, 0.1) is 0 Å². The van der Waals surface area contributed by atoms with Crippen LogP contribution < -0.4 is 0 Å². The summed E-state index contributed by atoms with van der Waals surface area (Å²) in [6, 6.07) is 18.3. The molecule has 0 radical (unpaired) electrons. The Kier molecular flexibility index (Phi) is 2.64. The Morgan fingerprint density at radius 3 is 2.48 bits per heavy atom. The normalized spacial score (nSPS) is 11.1. The zero-order chi connectivity index (χ0) is 14.2. The second kappa shape index (κ2) is 4.63. The van der Waals surface area contributed by atoms with Crippen LogP contribution in [0.2, 0.25) is 0 Å².